The summed E-state index contributed by atoms with van der Waals surface area (Å²) in [5.41, 5.74) is 1.36. The lowest BCUT2D eigenvalue weighted by Crippen LogP contribution is -2.06. The molecule has 0 fully saturated rings. The van der Waals surface area contributed by atoms with Gasteiger partial charge in [-0.15, -0.1) is 0 Å². The number of para-hydroxylation sites is 1. The van der Waals surface area contributed by atoms with E-state index in [9.17, 15) is 4.79 Å². The highest BCUT2D eigenvalue weighted by atomic mass is 16.3. The maximum absolute atomic E-state index is 11.9. The van der Waals surface area contributed by atoms with Gasteiger partial charge in [-0.05, 0) is 17.5 Å². The van der Waals surface area contributed by atoms with E-state index in [-0.39, 0.29) is 16.9 Å². The number of rotatable bonds is 1. The minimum absolute atomic E-state index is 0.0495. The van der Waals surface area contributed by atoms with Crippen LogP contribution in [0.15, 0.2) is 33.7 Å². The molecule has 80 valence electrons. The summed E-state index contributed by atoms with van der Waals surface area (Å²) in [6.45, 7) is 4.07. The molecule has 3 heteroatoms. The van der Waals surface area contributed by atoms with E-state index in [4.69, 9.17) is 9.68 Å². The molecule has 0 unspecified atom stereocenters. The Kier molecular flexibility index (Phi) is 2.49. The molecule has 16 heavy (non-hydrogen) atoms. The maximum atomic E-state index is 11.9. The second-order valence-electron chi connectivity index (χ2n) is 3.97. The van der Waals surface area contributed by atoms with Gasteiger partial charge in [-0.3, -0.25) is 4.79 Å². The summed E-state index contributed by atoms with van der Waals surface area (Å²) in [5.74, 6) is 0.278. The molecular weight excluding hydrogens is 202 g/mol. The summed E-state index contributed by atoms with van der Waals surface area (Å²) in [6, 6.07) is 7.27. The summed E-state index contributed by atoms with van der Waals surface area (Å²) in [4.78, 5) is 11.9. The molecule has 2 aromatic rings. The summed E-state index contributed by atoms with van der Waals surface area (Å²) < 4.78 is 5.38. The molecule has 1 aromatic carbocycles. The topological polar surface area (TPSA) is 54.0 Å². The Balaban J connectivity index is 2.90. The van der Waals surface area contributed by atoms with E-state index < -0.39 is 0 Å². The zero-order valence-electron chi connectivity index (χ0n) is 9.15. The van der Waals surface area contributed by atoms with Gasteiger partial charge >= 0.3 is 0 Å². The van der Waals surface area contributed by atoms with Gasteiger partial charge in [-0.1, -0.05) is 26.0 Å². The molecule has 0 N–H and O–H groups in total. The van der Waals surface area contributed by atoms with Crippen molar-refractivity contribution in [2.75, 3.05) is 0 Å². The van der Waals surface area contributed by atoms with E-state index in [1.54, 1.807) is 6.07 Å². The van der Waals surface area contributed by atoms with Crippen molar-refractivity contribution in [1.29, 1.82) is 5.26 Å². The van der Waals surface area contributed by atoms with E-state index in [2.05, 4.69) is 0 Å². The van der Waals surface area contributed by atoms with Crippen LogP contribution in [0, 0.1) is 11.3 Å². The largest absolute Gasteiger partial charge is 0.462 e. The van der Waals surface area contributed by atoms with Crippen molar-refractivity contribution in [3.63, 3.8) is 0 Å². The molecule has 3 nitrogen and oxygen atoms in total. The Labute approximate surface area is 92.9 Å². The van der Waals surface area contributed by atoms with Crippen molar-refractivity contribution in [1.82, 2.24) is 0 Å². The first kappa shape index (κ1) is 10.4. The van der Waals surface area contributed by atoms with Gasteiger partial charge in [0.15, 0.2) is 0 Å². The van der Waals surface area contributed by atoms with Crippen LogP contribution < -0.4 is 5.43 Å². The molecule has 0 atom stereocenters. The highest BCUT2D eigenvalue weighted by Gasteiger charge is 2.11. The van der Waals surface area contributed by atoms with E-state index in [0.29, 0.717) is 11.0 Å². The lowest BCUT2D eigenvalue weighted by atomic mass is 10.00. The van der Waals surface area contributed by atoms with Crippen LogP contribution in [0.3, 0.4) is 0 Å². The van der Waals surface area contributed by atoms with Gasteiger partial charge in [-0.25, -0.2) is 0 Å². The molecule has 0 spiro atoms. The van der Waals surface area contributed by atoms with Crippen molar-refractivity contribution in [2.24, 2.45) is 0 Å². The average Bonchev–Trinajstić information content (AvgIpc) is 2.29. The summed E-state index contributed by atoms with van der Waals surface area (Å²) in [5, 5.41) is 9.22. The predicted molar refractivity (Wildman–Crippen MR) is 61.3 cm³/mol. The van der Waals surface area contributed by atoms with Gasteiger partial charge in [0.25, 0.3) is 0 Å². The first-order valence-electron chi connectivity index (χ1n) is 5.09. The van der Waals surface area contributed by atoms with Gasteiger partial charge in [0.05, 0.1) is 5.39 Å². The third-order valence-corrected chi connectivity index (χ3v) is 2.57. The molecule has 0 saturated heterocycles. The van der Waals surface area contributed by atoms with Crippen molar-refractivity contribution in [2.45, 2.75) is 19.8 Å². The van der Waals surface area contributed by atoms with Crippen LogP contribution in [0.4, 0.5) is 0 Å². The van der Waals surface area contributed by atoms with Crippen molar-refractivity contribution >= 4 is 11.0 Å². The molecule has 0 bridgehead atoms. The molecule has 0 radical (unpaired) electrons. The minimum Gasteiger partial charge on any atom is -0.462 e. The third kappa shape index (κ3) is 1.49. The SMILES string of the molecule is CC(C)c1cccc2c(=O)c(C#N)coc12. The molecule has 1 aromatic heterocycles. The zero-order chi connectivity index (χ0) is 11.7. The van der Waals surface area contributed by atoms with Crippen LogP contribution in [-0.2, 0) is 0 Å². The van der Waals surface area contributed by atoms with Gasteiger partial charge in [-0.2, -0.15) is 5.26 Å². The van der Waals surface area contributed by atoms with Crippen molar-refractivity contribution in [3.8, 4) is 6.07 Å². The van der Waals surface area contributed by atoms with Crippen molar-refractivity contribution < 1.29 is 4.42 Å². The molecule has 0 saturated carbocycles. The Morgan fingerprint density at radius 1 is 1.38 bits per heavy atom. The summed E-state index contributed by atoms with van der Waals surface area (Å²) in [6.07, 6.45) is 1.23. The first-order valence-corrected chi connectivity index (χ1v) is 5.09. The van der Waals surface area contributed by atoms with Crippen LogP contribution in [0.2, 0.25) is 0 Å². The maximum Gasteiger partial charge on any atom is 0.210 e. The second-order valence-corrected chi connectivity index (χ2v) is 3.97. The first-order chi connectivity index (χ1) is 7.65. The fourth-order valence-corrected chi connectivity index (χ4v) is 1.71. The summed E-state index contributed by atoms with van der Waals surface area (Å²) >= 11 is 0. The molecule has 0 amide bonds. The fourth-order valence-electron chi connectivity index (χ4n) is 1.71. The van der Waals surface area contributed by atoms with E-state index in [1.807, 2.05) is 32.0 Å². The van der Waals surface area contributed by atoms with E-state index in [1.165, 1.54) is 6.26 Å². The number of nitrogens with zero attached hydrogens (tertiary/aromatic N) is 1. The minimum atomic E-state index is -0.258. The Bertz CT molecular complexity index is 632. The lowest BCUT2D eigenvalue weighted by Gasteiger charge is -2.07. The fraction of sp³-hybridized carbons (Fsp3) is 0.231. The number of benzene rings is 1. The molecule has 1 heterocycles. The zero-order valence-corrected chi connectivity index (χ0v) is 9.15. The van der Waals surface area contributed by atoms with Crippen LogP contribution in [-0.4, -0.2) is 0 Å². The molecule has 0 aliphatic rings. The number of nitriles is 1. The van der Waals surface area contributed by atoms with E-state index >= 15 is 0 Å². The number of fused-ring (bicyclic) bond motifs is 1. The normalized spacial score (nSPS) is 10.6. The highest BCUT2D eigenvalue weighted by Crippen LogP contribution is 2.23. The number of hydrogen-bond donors (Lipinski definition) is 0. The molecule has 0 aliphatic heterocycles. The Morgan fingerprint density at radius 3 is 2.75 bits per heavy atom. The molecule has 2 rings (SSSR count). The quantitative estimate of drug-likeness (QED) is 0.731. The Hall–Kier alpha value is -2.08. The van der Waals surface area contributed by atoms with Crippen molar-refractivity contribution in [3.05, 3.63) is 45.8 Å². The molecular formula is C13H11NO2. The Morgan fingerprint density at radius 2 is 2.12 bits per heavy atom. The van der Waals surface area contributed by atoms with Gasteiger partial charge < -0.3 is 4.42 Å². The van der Waals surface area contributed by atoms with Crippen LogP contribution in [0.25, 0.3) is 11.0 Å². The van der Waals surface area contributed by atoms with E-state index in [0.717, 1.165) is 5.56 Å². The average molecular weight is 213 g/mol. The third-order valence-electron chi connectivity index (χ3n) is 2.57. The predicted octanol–water partition coefficient (Wildman–Crippen LogP) is 2.79. The molecule has 0 aliphatic carbocycles. The van der Waals surface area contributed by atoms with Crippen LogP contribution in [0.1, 0.15) is 30.9 Å². The van der Waals surface area contributed by atoms with Gasteiger partial charge in [0.1, 0.15) is 23.5 Å². The highest BCUT2D eigenvalue weighted by molar-refractivity contribution is 5.81. The standard InChI is InChI=1S/C13H11NO2/c1-8(2)10-4-3-5-11-12(15)9(6-14)7-16-13(10)11/h3-5,7-8H,1-2H3. The smallest absolute Gasteiger partial charge is 0.210 e. The lowest BCUT2D eigenvalue weighted by molar-refractivity contribution is 0.592. The summed E-state index contributed by atoms with van der Waals surface area (Å²) in [7, 11) is 0. The number of hydrogen-bond acceptors (Lipinski definition) is 3. The monoisotopic (exact) mass is 213 g/mol. The van der Waals surface area contributed by atoms with Crippen LogP contribution >= 0.6 is 0 Å². The van der Waals surface area contributed by atoms with Gasteiger partial charge in [0, 0.05) is 0 Å². The van der Waals surface area contributed by atoms with Crippen LogP contribution in [0.5, 0.6) is 0 Å². The second kappa shape index (κ2) is 3.82. The van der Waals surface area contributed by atoms with Gasteiger partial charge in [0.2, 0.25) is 5.43 Å².